The molecule has 1 aromatic rings. The van der Waals surface area contributed by atoms with E-state index in [1.807, 2.05) is 18.2 Å². The van der Waals surface area contributed by atoms with Gasteiger partial charge in [0.25, 0.3) is 0 Å². The van der Waals surface area contributed by atoms with Gasteiger partial charge in [0.1, 0.15) is 0 Å². The Kier molecular flexibility index (Phi) is 3.19. The molecule has 0 spiro atoms. The molecule has 0 fully saturated rings. The molecule has 0 radical (unpaired) electrons. The lowest BCUT2D eigenvalue weighted by Gasteiger charge is -2.03. The van der Waals surface area contributed by atoms with E-state index in [0.29, 0.717) is 11.5 Å². The summed E-state index contributed by atoms with van der Waals surface area (Å²) in [6.45, 7) is 0. The summed E-state index contributed by atoms with van der Waals surface area (Å²) < 4.78 is 0.983. The molecule has 70 valence electrons. The fourth-order valence-corrected chi connectivity index (χ4v) is 1.29. The van der Waals surface area contributed by atoms with Crippen LogP contribution in [0.5, 0.6) is 0 Å². The van der Waals surface area contributed by atoms with Gasteiger partial charge in [0.15, 0.2) is 0 Å². The summed E-state index contributed by atoms with van der Waals surface area (Å²) in [4.78, 5) is 0. The van der Waals surface area contributed by atoms with Crippen LogP contribution in [0.1, 0.15) is 5.56 Å². The second-order valence-electron chi connectivity index (χ2n) is 2.62. The van der Waals surface area contributed by atoms with E-state index in [1.165, 1.54) is 0 Å². The second kappa shape index (κ2) is 4.18. The third kappa shape index (κ3) is 2.66. The van der Waals surface area contributed by atoms with Crippen molar-refractivity contribution in [2.45, 2.75) is 0 Å². The van der Waals surface area contributed by atoms with Crippen molar-refractivity contribution in [2.75, 3.05) is 12.8 Å². The fraction of sp³-hybridized carbons (Fsp3) is 0.111. The Balaban J connectivity index is 3.07. The lowest BCUT2D eigenvalue weighted by Crippen LogP contribution is -2.14. The Bertz CT molecular complexity index is 334. The molecule has 5 N–H and O–H groups in total. The van der Waals surface area contributed by atoms with Crippen LogP contribution in [-0.2, 0) is 0 Å². The van der Waals surface area contributed by atoms with Crippen molar-refractivity contribution in [1.82, 2.24) is 5.32 Å². The molecular formula is C9H12BrN3. The van der Waals surface area contributed by atoms with Crippen molar-refractivity contribution in [2.24, 2.45) is 5.73 Å². The Morgan fingerprint density at radius 1 is 1.54 bits per heavy atom. The molecule has 0 saturated heterocycles. The van der Waals surface area contributed by atoms with Gasteiger partial charge in [0, 0.05) is 22.8 Å². The molecule has 0 aliphatic heterocycles. The highest BCUT2D eigenvalue weighted by atomic mass is 79.9. The molecule has 1 rings (SSSR count). The summed E-state index contributed by atoms with van der Waals surface area (Å²) in [6, 6.07) is 5.64. The van der Waals surface area contributed by atoms with Crippen LogP contribution in [0.25, 0.3) is 6.08 Å². The van der Waals surface area contributed by atoms with Gasteiger partial charge in [-0.1, -0.05) is 15.9 Å². The van der Waals surface area contributed by atoms with Crippen LogP contribution in [0.2, 0.25) is 0 Å². The highest BCUT2D eigenvalue weighted by molar-refractivity contribution is 9.10. The Morgan fingerprint density at radius 2 is 2.23 bits per heavy atom. The minimum Gasteiger partial charge on any atom is -0.398 e. The molecule has 0 heterocycles. The van der Waals surface area contributed by atoms with Crippen LogP contribution in [0.4, 0.5) is 5.69 Å². The largest absolute Gasteiger partial charge is 0.398 e. The van der Waals surface area contributed by atoms with Gasteiger partial charge >= 0.3 is 0 Å². The van der Waals surface area contributed by atoms with Gasteiger partial charge in [-0.15, -0.1) is 0 Å². The average molecular weight is 242 g/mol. The Hall–Kier alpha value is -1.16. The van der Waals surface area contributed by atoms with Crippen molar-refractivity contribution in [3.63, 3.8) is 0 Å². The molecule has 3 nitrogen and oxygen atoms in total. The van der Waals surface area contributed by atoms with Crippen molar-refractivity contribution in [3.05, 3.63) is 34.1 Å². The van der Waals surface area contributed by atoms with E-state index >= 15 is 0 Å². The third-order valence-corrected chi connectivity index (χ3v) is 2.14. The zero-order valence-corrected chi connectivity index (χ0v) is 8.93. The lowest BCUT2D eigenvalue weighted by atomic mass is 10.2. The number of rotatable bonds is 2. The van der Waals surface area contributed by atoms with Crippen molar-refractivity contribution in [1.29, 1.82) is 0 Å². The number of nitrogens with one attached hydrogen (secondary N) is 1. The van der Waals surface area contributed by atoms with Gasteiger partial charge in [-0.25, -0.2) is 0 Å². The van der Waals surface area contributed by atoms with E-state index in [9.17, 15) is 0 Å². The fourth-order valence-electron chi connectivity index (χ4n) is 0.910. The molecule has 0 amide bonds. The van der Waals surface area contributed by atoms with Gasteiger partial charge in [0.05, 0.1) is 5.82 Å². The lowest BCUT2D eigenvalue weighted by molar-refractivity contribution is 0.978. The van der Waals surface area contributed by atoms with Crippen LogP contribution in [0.3, 0.4) is 0 Å². The van der Waals surface area contributed by atoms with E-state index in [0.717, 1.165) is 10.0 Å². The summed E-state index contributed by atoms with van der Waals surface area (Å²) >= 11 is 3.36. The highest BCUT2D eigenvalue weighted by Crippen LogP contribution is 2.19. The van der Waals surface area contributed by atoms with Crippen LogP contribution in [0, 0.1) is 0 Å². The Labute approximate surface area is 85.9 Å². The first-order chi connectivity index (χ1) is 6.13. The number of halogens is 1. The van der Waals surface area contributed by atoms with Crippen LogP contribution < -0.4 is 16.8 Å². The SMILES string of the molecule is CN/C(N)=C/c1cc(Br)ccc1N. The number of benzene rings is 1. The van der Waals surface area contributed by atoms with Gasteiger partial charge in [-0.05, 0) is 24.3 Å². The van der Waals surface area contributed by atoms with E-state index in [4.69, 9.17) is 11.5 Å². The quantitative estimate of drug-likeness (QED) is 0.689. The van der Waals surface area contributed by atoms with Crippen molar-refractivity contribution < 1.29 is 0 Å². The second-order valence-corrected chi connectivity index (χ2v) is 3.54. The standard InChI is InChI=1S/C9H12BrN3/c1-13-9(12)5-6-4-7(10)2-3-8(6)11/h2-5,13H,11-12H2,1H3/b9-5+. The van der Waals surface area contributed by atoms with Gasteiger partial charge < -0.3 is 16.8 Å². The van der Waals surface area contributed by atoms with Crippen molar-refractivity contribution >= 4 is 27.7 Å². The number of anilines is 1. The molecule has 0 aliphatic carbocycles. The molecular weight excluding hydrogens is 230 g/mol. The minimum absolute atomic E-state index is 0.588. The highest BCUT2D eigenvalue weighted by Gasteiger charge is 1.97. The summed E-state index contributed by atoms with van der Waals surface area (Å²) in [5, 5.41) is 2.83. The van der Waals surface area contributed by atoms with E-state index < -0.39 is 0 Å². The zero-order valence-electron chi connectivity index (χ0n) is 7.34. The summed E-state index contributed by atoms with van der Waals surface area (Å²) in [7, 11) is 1.76. The average Bonchev–Trinajstić information content (AvgIpc) is 2.11. The zero-order chi connectivity index (χ0) is 9.84. The first-order valence-electron chi connectivity index (χ1n) is 3.83. The normalized spacial score (nSPS) is 11.4. The Morgan fingerprint density at radius 3 is 2.85 bits per heavy atom. The van der Waals surface area contributed by atoms with E-state index in [-0.39, 0.29) is 0 Å². The molecule has 13 heavy (non-hydrogen) atoms. The molecule has 1 aromatic carbocycles. The van der Waals surface area contributed by atoms with Crippen LogP contribution in [-0.4, -0.2) is 7.05 Å². The van der Waals surface area contributed by atoms with E-state index in [1.54, 1.807) is 13.1 Å². The summed E-state index contributed by atoms with van der Waals surface area (Å²) in [5.41, 5.74) is 13.0. The number of hydrogen-bond acceptors (Lipinski definition) is 3. The summed E-state index contributed by atoms with van der Waals surface area (Å²) in [5.74, 6) is 0.588. The van der Waals surface area contributed by atoms with Gasteiger partial charge in [-0.2, -0.15) is 0 Å². The molecule has 0 bridgehead atoms. The topological polar surface area (TPSA) is 64.1 Å². The van der Waals surface area contributed by atoms with Gasteiger partial charge in [0.2, 0.25) is 0 Å². The first kappa shape index (κ1) is 9.92. The molecule has 0 atom stereocenters. The van der Waals surface area contributed by atoms with Crippen molar-refractivity contribution in [3.8, 4) is 0 Å². The van der Waals surface area contributed by atoms with Gasteiger partial charge in [-0.3, -0.25) is 0 Å². The summed E-state index contributed by atoms with van der Waals surface area (Å²) in [6.07, 6.45) is 1.79. The van der Waals surface area contributed by atoms with Crippen LogP contribution in [0.15, 0.2) is 28.5 Å². The number of nitrogens with two attached hydrogens (primary N) is 2. The molecule has 4 heteroatoms. The molecule has 0 unspecified atom stereocenters. The van der Waals surface area contributed by atoms with Crippen LogP contribution >= 0.6 is 15.9 Å². The number of nitrogen functional groups attached to an aromatic ring is 1. The predicted octanol–water partition coefficient (Wildman–Crippen LogP) is 1.51. The molecule has 0 aliphatic rings. The predicted molar refractivity (Wildman–Crippen MR) is 59.8 cm³/mol. The third-order valence-electron chi connectivity index (χ3n) is 1.65. The molecule has 0 saturated carbocycles. The minimum atomic E-state index is 0.588. The number of hydrogen-bond donors (Lipinski definition) is 3. The smallest absolute Gasteiger partial charge is 0.0964 e. The first-order valence-corrected chi connectivity index (χ1v) is 4.62. The van der Waals surface area contributed by atoms with E-state index in [2.05, 4.69) is 21.2 Å². The monoisotopic (exact) mass is 241 g/mol. The maximum atomic E-state index is 5.74. The molecule has 0 aromatic heterocycles. The maximum Gasteiger partial charge on any atom is 0.0964 e. The maximum absolute atomic E-state index is 5.74.